The summed E-state index contributed by atoms with van der Waals surface area (Å²) in [5.41, 5.74) is 0. The van der Waals surface area contributed by atoms with Gasteiger partial charge in [0.25, 0.3) is 0 Å². The van der Waals surface area contributed by atoms with Crippen molar-refractivity contribution in [1.29, 1.82) is 0 Å². The van der Waals surface area contributed by atoms with Crippen LogP contribution in [0.25, 0.3) is 0 Å². The van der Waals surface area contributed by atoms with Gasteiger partial charge in [0, 0.05) is 0 Å². The molecule has 1 N–H and O–H groups in total. The normalized spacial score (nSPS) is 32.8. The highest BCUT2D eigenvalue weighted by atomic mass is 16.1. The molecule has 2 unspecified atom stereocenters. The summed E-state index contributed by atoms with van der Waals surface area (Å²) in [5, 5.41) is 3.23. The summed E-state index contributed by atoms with van der Waals surface area (Å²) >= 11 is 0. The Morgan fingerprint density at radius 3 is 2.91 bits per heavy atom. The first kappa shape index (κ1) is 8.72. The molecule has 64 valence electrons. The smallest absolute Gasteiger partial charge is 0.136 e. The summed E-state index contributed by atoms with van der Waals surface area (Å²) in [6.45, 7) is 3.24. The molecule has 0 saturated carbocycles. The van der Waals surface area contributed by atoms with Gasteiger partial charge in [-0.25, -0.2) is 0 Å². The number of nitrogens with one attached hydrogen (secondary N) is 1. The van der Waals surface area contributed by atoms with E-state index >= 15 is 0 Å². The second-order valence-electron chi connectivity index (χ2n) is 3.34. The lowest BCUT2D eigenvalue weighted by molar-refractivity contribution is -0.109. The molecule has 1 fully saturated rings. The van der Waals surface area contributed by atoms with Gasteiger partial charge in [-0.15, -0.1) is 0 Å². The highest BCUT2D eigenvalue weighted by molar-refractivity contribution is 5.57. The maximum Gasteiger partial charge on any atom is 0.136 e. The first-order valence-electron chi connectivity index (χ1n) is 4.55. The fourth-order valence-corrected chi connectivity index (χ4v) is 1.66. The molecule has 1 aliphatic rings. The molecule has 1 heterocycles. The molecule has 0 aromatic heterocycles. The van der Waals surface area contributed by atoms with Gasteiger partial charge in [0.2, 0.25) is 0 Å². The molecule has 0 aliphatic carbocycles. The van der Waals surface area contributed by atoms with E-state index in [-0.39, 0.29) is 6.04 Å². The molecule has 1 rings (SSSR count). The molecule has 2 heteroatoms. The lowest BCUT2D eigenvalue weighted by Crippen LogP contribution is -2.29. The van der Waals surface area contributed by atoms with Crippen LogP contribution in [0.3, 0.4) is 0 Å². The summed E-state index contributed by atoms with van der Waals surface area (Å²) in [7, 11) is 0. The predicted molar refractivity (Wildman–Crippen MR) is 45.5 cm³/mol. The van der Waals surface area contributed by atoms with Crippen molar-refractivity contribution in [3.05, 3.63) is 0 Å². The van der Waals surface area contributed by atoms with Crippen LogP contribution in [0.4, 0.5) is 0 Å². The molecule has 1 aliphatic heterocycles. The van der Waals surface area contributed by atoms with Gasteiger partial charge in [-0.05, 0) is 31.7 Å². The van der Waals surface area contributed by atoms with Crippen molar-refractivity contribution < 1.29 is 4.79 Å². The average molecular weight is 155 g/mol. The van der Waals surface area contributed by atoms with Crippen LogP contribution in [0, 0.1) is 5.92 Å². The molecular formula is C9H17NO. The lowest BCUT2D eigenvalue weighted by atomic mass is 9.97. The molecule has 0 aromatic carbocycles. The second kappa shape index (κ2) is 4.50. The first-order chi connectivity index (χ1) is 5.36. The van der Waals surface area contributed by atoms with Crippen LogP contribution < -0.4 is 5.32 Å². The number of carbonyl (C=O) groups excluding carboxylic acids is 1. The minimum Gasteiger partial charge on any atom is -0.308 e. The molecular weight excluding hydrogens is 138 g/mol. The highest BCUT2D eigenvalue weighted by Gasteiger charge is 2.15. The van der Waals surface area contributed by atoms with E-state index in [4.69, 9.17) is 0 Å². The summed E-state index contributed by atoms with van der Waals surface area (Å²) < 4.78 is 0. The largest absolute Gasteiger partial charge is 0.308 e. The summed E-state index contributed by atoms with van der Waals surface area (Å²) in [5.74, 6) is 0.840. The summed E-state index contributed by atoms with van der Waals surface area (Å²) in [6, 6.07) is 0.131. The van der Waals surface area contributed by atoms with Crippen molar-refractivity contribution in [2.75, 3.05) is 6.54 Å². The van der Waals surface area contributed by atoms with E-state index in [0.717, 1.165) is 25.2 Å². The van der Waals surface area contributed by atoms with Crippen molar-refractivity contribution in [1.82, 2.24) is 5.32 Å². The SMILES string of the molecule is CCC1CCNC(C=O)CC1. The Balaban J connectivity index is 2.32. The van der Waals surface area contributed by atoms with E-state index in [0.29, 0.717) is 0 Å². The minimum atomic E-state index is 0.131. The van der Waals surface area contributed by atoms with Gasteiger partial charge < -0.3 is 10.1 Å². The van der Waals surface area contributed by atoms with Crippen molar-refractivity contribution in [3.63, 3.8) is 0 Å². The van der Waals surface area contributed by atoms with Crippen molar-refractivity contribution in [3.8, 4) is 0 Å². The zero-order valence-electron chi connectivity index (χ0n) is 7.18. The highest BCUT2D eigenvalue weighted by Crippen LogP contribution is 2.18. The topological polar surface area (TPSA) is 29.1 Å². The van der Waals surface area contributed by atoms with Crippen LogP contribution in [0.15, 0.2) is 0 Å². The number of hydrogen-bond acceptors (Lipinski definition) is 2. The van der Waals surface area contributed by atoms with E-state index in [2.05, 4.69) is 12.2 Å². The van der Waals surface area contributed by atoms with E-state index in [1.54, 1.807) is 0 Å². The Labute approximate surface area is 68.4 Å². The number of carbonyl (C=O) groups is 1. The quantitative estimate of drug-likeness (QED) is 0.610. The van der Waals surface area contributed by atoms with Crippen molar-refractivity contribution in [2.24, 2.45) is 5.92 Å². The van der Waals surface area contributed by atoms with Crippen LogP contribution in [0.2, 0.25) is 0 Å². The van der Waals surface area contributed by atoms with Gasteiger partial charge >= 0.3 is 0 Å². The summed E-state index contributed by atoms with van der Waals surface area (Å²) in [6.07, 6.45) is 5.78. The maximum absolute atomic E-state index is 10.4. The Morgan fingerprint density at radius 2 is 2.27 bits per heavy atom. The van der Waals surface area contributed by atoms with E-state index in [1.165, 1.54) is 19.3 Å². The van der Waals surface area contributed by atoms with Gasteiger partial charge in [0.05, 0.1) is 6.04 Å². The van der Waals surface area contributed by atoms with Crippen LogP contribution >= 0.6 is 0 Å². The van der Waals surface area contributed by atoms with Crippen LogP contribution in [-0.4, -0.2) is 18.9 Å². The molecule has 0 bridgehead atoms. The Hall–Kier alpha value is -0.370. The lowest BCUT2D eigenvalue weighted by Gasteiger charge is -2.08. The molecule has 11 heavy (non-hydrogen) atoms. The molecule has 0 aromatic rings. The first-order valence-corrected chi connectivity index (χ1v) is 4.55. The van der Waals surface area contributed by atoms with Gasteiger partial charge in [-0.2, -0.15) is 0 Å². The Morgan fingerprint density at radius 1 is 1.45 bits per heavy atom. The standard InChI is InChI=1S/C9H17NO/c1-2-8-3-4-9(7-11)10-6-5-8/h7-10H,2-6H2,1H3. The predicted octanol–water partition coefficient (Wildman–Crippen LogP) is 1.35. The molecule has 1 saturated heterocycles. The van der Waals surface area contributed by atoms with Crippen LogP contribution in [0.5, 0.6) is 0 Å². The number of hydrogen-bond donors (Lipinski definition) is 1. The monoisotopic (exact) mass is 155 g/mol. The number of rotatable bonds is 2. The van der Waals surface area contributed by atoms with Crippen molar-refractivity contribution >= 4 is 6.29 Å². The van der Waals surface area contributed by atoms with E-state index in [1.807, 2.05) is 0 Å². The number of aldehydes is 1. The van der Waals surface area contributed by atoms with Gasteiger partial charge in [0.15, 0.2) is 0 Å². The third-order valence-electron chi connectivity index (χ3n) is 2.59. The van der Waals surface area contributed by atoms with Gasteiger partial charge in [0.1, 0.15) is 6.29 Å². The van der Waals surface area contributed by atoms with Crippen LogP contribution in [0.1, 0.15) is 32.6 Å². The molecule has 0 radical (unpaired) electrons. The fraction of sp³-hybridized carbons (Fsp3) is 0.889. The Bertz CT molecular complexity index is 125. The zero-order valence-corrected chi connectivity index (χ0v) is 7.18. The minimum absolute atomic E-state index is 0.131. The van der Waals surface area contributed by atoms with Gasteiger partial charge in [-0.1, -0.05) is 13.3 Å². The third kappa shape index (κ3) is 2.62. The average Bonchev–Trinajstić information content (AvgIpc) is 2.28. The molecule has 0 amide bonds. The van der Waals surface area contributed by atoms with Crippen LogP contribution in [-0.2, 0) is 4.79 Å². The maximum atomic E-state index is 10.4. The fourth-order valence-electron chi connectivity index (χ4n) is 1.66. The van der Waals surface area contributed by atoms with Crippen molar-refractivity contribution in [2.45, 2.75) is 38.6 Å². The van der Waals surface area contributed by atoms with E-state index in [9.17, 15) is 4.79 Å². The molecule has 2 atom stereocenters. The molecule has 0 spiro atoms. The second-order valence-corrected chi connectivity index (χ2v) is 3.34. The van der Waals surface area contributed by atoms with Gasteiger partial charge in [-0.3, -0.25) is 0 Å². The Kier molecular flexibility index (Phi) is 3.57. The summed E-state index contributed by atoms with van der Waals surface area (Å²) in [4.78, 5) is 10.4. The zero-order chi connectivity index (χ0) is 8.10. The third-order valence-corrected chi connectivity index (χ3v) is 2.59. The molecule has 2 nitrogen and oxygen atoms in total. The van der Waals surface area contributed by atoms with E-state index < -0.39 is 0 Å².